The number of methoxy groups -OCH3 is 1. The fourth-order valence-electron chi connectivity index (χ4n) is 1.47. The van der Waals surface area contributed by atoms with Crippen molar-refractivity contribution in [2.24, 2.45) is 0 Å². The first-order valence-electron chi connectivity index (χ1n) is 4.55. The molecule has 2 rings (SSSR count). The molecule has 0 saturated heterocycles. The molecule has 1 aromatic heterocycles. The normalized spacial score (nSPS) is 11.1. The Balaban J connectivity index is 2.53. The molecular weight excluding hydrogens is 276 g/mol. The van der Waals surface area contributed by atoms with Crippen LogP contribution in [0.25, 0.3) is 10.2 Å². The minimum absolute atomic E-state index is 0.570. The predicted octanol–water partition coefficient (Wildman–Crippen LogP) is 2.59. The molecule has 0 bridgehead atoms. The van der Waals surface area contributed by atoms with Crippen LogP contribution in [0.2, 0.25) is 0 Å². The predicted molar refractivity (Wildman–Crippen MR) is 65.2 cm³/mol. The first kappa shape index (κ1) is 10.9. The summed E-state index contributed by atoms with van der Waals surface area (Å²) in [4.78, 5) is 0.570. The van der Waals surface area contributed by atoms with Gasteiger partial charge in [-0.2, -0.15) is 0 Å². The lowest BCUT2D eigenvalue weighted by Crippen LogP contribution is -2.15. The number of halogens is 1. The molecule has 1 N–H and O–H groups in total. The molecule has 0 aliphatic heterocycles. The fourth-order valence-corrected chi connectivity index (χ4v) is 2.96. The summed E-state index contributed by atoms with van der Waals surface area (Å²) in [6, 6.07) is 6.07. The lowest BCUT2D eigenvalue weighted by molar-refractivity contribution is 0.187. The largest absolute Gasteiger partial charge is 0.383 e. The zero-order valence-corrected chi connectivity index (χ0v) is 10.7. The van der Waals surface area contributed by atoms with Gasteiger partial charge in [-0.3, -0.25) is 5.41 Å². The van der Waals surface area contributed by atoms with E-state index in [1.807, 2.05) is 22.8 Å². The van der Waals surface area contributed by atoms with E-state index in [0.717, 1.165) is 21.2 Å². The van der Waals surface area contributed by atoms with Crippen LogP contribution in [0.4, 0.5) is 0 Å². The summed E-state index contributed by atoms with van der Waals surface area (Å²) in [7, 11) is 1.68. The zero-order valence-electron chi connectivity index (χ0n) is 8.29. The Morgan fingerprint density at radius 3 is 3.07 bits per heavy atom. The molecular formula is C10H11BrN2OS. The SMILES string of the molecule is COCCn1c(=N)sc2cc(Br)ccc21. The Kier molecular flexibility index (Phi) is 3.23. The first-order chi connectivity index (χ1) is 7.22. The van der Waals surface area contributed by atoms with Gasteiger partial charge in [-0.1, -0.05) is 27.3 Å². The minimum Gasteiger partial charge on any atom is -0.383 e. The van der Waals surface area contributed by atoms with Crippen LogP contribution >= 0.6 is 27.3 Å². The lowest BCUT2D eigenvalue weighted by atomic mass is 10.3. The molecule has 0 fully saturated rings. The fraction of sp³-hybridized carbons (Fsp3) is 0.300. The van der Waals surface area contributed by atoms with Crippen molar-refractivity contribution in [3.63, 3.8) is 0 Å². The van der Waals surface area contributed by atoms with Crippen LogP contribution in [0.15, 0.2) is 22.7 Å². The maximum Gasteiger partial charge on any atom is 0.182 e. The molecule has 80 valence electrons. The molecule has 0 amide bonds. The van der Waals surface area contributed by atoms with E-state index in [0.29, 0.717) is 11.4 Å². The average Bonchev–Trinajstić information content (AvgIpc) is 2.50. The van der Waals surface area contributed by atoms with E-state index < -0.39 is 0 Å². The Labute approximate surface area is 99.9 Å². The van der Waals surface area contributed by atoms with Crippen molar-refractivity contribution in [2.45, 2.75) is 6.54 Å². The Hall–Kier alpha value is -0.650. The van der Waals surface area contributed by atoms with Gasteiger partial charge in [0.2, 0.25) is 0 Å². The van der Waals surface area contributed by atoms with Gasteiger partial charge in [0, 0.05) is 18.1 Å². The Morgan fingerprint density at radius 2 is 2.33 bits per heavy atom. The highest BCUT2D eigenvalue weighted by Crippen LogP contribution is 2.21. The van der Waals surface area contributed by atoms with Crippen LogP contribution in [-0.4, -0.2) is 18.3 Å². The third-order valence-electron chi connectivity index (χ3n) is 2.18. The summed E-state index contributed by atoms with van der Waals surface area (Å²) in [6.45, 7) is 1.37. The second-order valence-corrected chi connectivity index (χ2v) is 5.11. The second kappa shape index (κ2) is 4.47. The molecule has 0 atom stereocenters. The van der Waals surface area contributed by atoms with Gasteiger partial charge < -0.3 is 9.30 Å². The van der Waals surface area contributed by atoms with Gasteiger partial charge in [0.15, 0.2) is 4.80 Å². The van der Waals surface area contributed by atoms with Gasteiger partial charge in [-0.25, -0.2) is 0 Å². The third kappa shape index (κ3) is 2.14. The van der Waals surface area contributed by atoms with Crippen LogP contribution in [0.5, 0.6) is 0 Å². The van der Waals surface area contributed by atoms with Gasteiger partial charge in [0.1, 0.15) is 0 Å². The summed E-state index contributed by atoms with van der Waals surface area (Å²) in [5, 5.41) is 7.86. The third-order valence-corrected chi connectivity index (χ3v) is 3.64. The van der Waals surface area contributed by atoms with Gasteiger partial charge in [-0.05, 0) is 18.2 Å². The zero-order chi connectivity index (χ0) is 10.8. The number of nitrogens with one attached hydrogen (secondary N) is 1. The summed E-state index contributed by atoms with van der Waals surface area (Å²) < 4.78 is 9.18. The molecule has 0 spiro atoms. The summed E-state index contributed by atoms with van der Waals surface area (Å²) in [6.07, 6.45) is 0. The number of benzene rings is 1. The monoisotopic (exact) mass is 286 g/mol. The van der Waals surface area contributed by atoms with Crippen molar-refractivity contribution in [1.29, 1.82) is 5.41 Å². The number of aromatic nitrogens is 1. The topological polar surface area (TPSA) is 38.0 Å². The molecule has 0 unspecified atom stereocenters. The molecule has 0 aliphatic rings. The lowest BCUT2D eigenvalue weighted by Gasteiger charge is -2.03. The van der Waals surface area contributed by atoms with E-state index in [1.54, 1.807) is 7.11 Å². The van der Waals surface area contributed by atoms with Gasteiger partial charge >= 0.3 is 0 Å². The molecule has 1 aromatic carbocycles. The van der Waals surface area contributed by atoms with Crippen molar-refractivity contribution in [1.82, 2.24) is 4.57 Å². The molecule has 2 aromatic rings. The highest BCUT2D eigenvalue weighted by atomic mass is 79.9. The maximum atomic E-state index is 7.86. The number of hydrogen-bond acceptors (Lipinski definition) is 3. The molecule has 0 aliphatic carbocycles. The van der Waals surface area contributed by atoms with Crippen LogP contribution in [-0.2, 0) is 11.3 Å². The summed E-state index contributed by atoms with van der Waals surface area (Å²) >= 11 is 4.92. The summed E-state index contributed by atoms with van der Waals surface area (Å²) in [5.74, 6) is 0. The number of hydrogen-bond donors (Lipinski definition) is 1. The van der Waals surface area contributed by atoms with E-state index in [2.05, 4.69) is 15.9 Å². The van der Waals surface area contributed by atoms with Gasteiger partial charge in [0.05, 0.1) is 16.8 Å². The highest BCUT2D eigenvalue weighted by Gasteiger charge is 2.04. The first-order valence-corrected chi connectivity index (χ1v) is 6.16. The van der Waals surface area contributed by atoms with E-state index in [9.17, 15) is 0 Å². The van der Waals surface area contributed by atoms with Crippen LogP contribution < -0.4 is 4.80 Å². The number of thiazole rings is 1. The number of nitrogens with zero attached hydrogens (tertiary/aromatic N) is 1. The van der Waals surface area contributed by atoms with Crippen molar-refractivity contribution in [2.75, 3.05) is 13.7 Å². The maximum absolute atomic E-state index is 7.86. The number of fused-ring (bicyclic) bond motifs is 1. The van der Waals surface area contributed by atoms with Gasteiger partial charge in [-0.15, -0.1) is 0 Å². The second-order valence-electron chi connectivity index (χ2n) is 3.16. The van der Waals surface area contributed by atoms with Crippen molar-refractivity contribution in [3.05, 3.63) is 27.5 Å². The molecule has 5 heteroatoms. The summed E-state index contributed by atoms with van der Waals surface area (Å²) in [5.41, 5.74) is 1.10. The molecule has 3 nitrogen and oxygen atoms in total. The van der Waals surface area contributed by atoms with E-state index in [-0.39, 0.29) is 0 Å². The average molecular weight is 287 g/mol. The quantitative estimate of drug-likeness (QED) is 0.925. The molecule has 15 heavy (non-hydrogen) atoms. The molecule has 0 radical (unpaired) electrons. The number of ether oxygens (including phenoxy) is 1. The van der Waals surface area contributed by atoms with Crippen LogP contribution in [0, 0.1) is 5.41 Å². The van der Waals surface area contributed by atoms with Gasteiger partial charge in [0.25, 0.3) is 0 Å². The van der Waals surface area contributed by atoms with Crippen LogP contribution in [0.1, 0.15) is 0 Å². The highest BCUT2D eigenvalue weighted by molar-refractivity contribution is 9.10. The molecule has 1 heterocycles. The van der Waals surface area contributed by atoms with Crippen molar-refractivity contribution < 1.29 is 4.74 Å². The van der Waals surface area contributed by atoms with Crippen LogP contribution in [0.3, 0.4) is 0 Å². The minimum atomic E-state index is 0.570. The van der Waals surface area contributed by atoms with Crippen molar-refractivity contribution >= 4 is 37.5 Å². The van der Waals surface area contributed by atoms with E-state index >= 15 is 0 Å². The van der Waals surface area contributed by atoms with Crippen molar-refractivity contribution in [3.8, 4) is 0 Å². The Morgan fingerprint density at radius 1 is 1.53 bits per heavy atom. The standard InChI is InChI=1S/C10H11BrN2OS/c1-14-5-4-13-8-3-2-7(11)6-9(8)15-10(13)12/h2-3,6,12H,4-5H2,1H3. The smallest absolute Gasteiger partial charge is 0.182 e. The molecule has 0 saturated carbocycles. The van der Waals surface area contributed by atoms with E-state index in [1.165, 1.54) is 11.3 Å². The number of rotatable bonds is 3. The van der Waals surface area contributed by atoms with E-state index in [4.69, 9.17) is 10.1 Å². The Bertz CT molecular complexity index is 532.